The van der Waals surface area contributed by atoms with Crippen molar-refractivity contribution in [2.45, 2.75) is 32.7 Å². The van der Waals surface area contributed by atoms with Crippen molar-refractivity contribution >= 4 is 18.3 Å². The summed E-state index contributed by atoms with van der Waals surface area (Å²) in [5, 5.41) is 6.39. The molecule has 0 spiro atoms. The van der Waals surface area contributed by atoms with Gasteiger partial charge in [0.2, 0.25) is 5.91 Å². The number of aryl methyl sites for hydroxylation is 1. The molecule has 2 N–H and O–H groups in total. The van der Waals surface area contributed by atoms with Gasteiger partial charge in [-0.05, 0) is 39.3 Å². The molecule has 1 aromatic carbocycles. The summed E-state index contributed by atoms with van der Waals surface area (Å²) in [5.74, 6) is 0.278. The number of halogens is 1. The van der Waals surface area contributed by atoms with Gasteiger partial charge < -0.3 is 10.6 Å². The quantitative estimate of drug-likeness (QED) is 0.894. The van der Waals surface area contributed by atoms with Crippen molar-refractivity contribution in [2.24, 2.45) is 5.92 Å². The SMILES string of the molecule is Cc1cccc(C(C)(C)NC(=O)C2CCNC2)c1.Cl. The topological polar surface area (TPSA) is 41.1 Å². The van der Waals surface area contributed by atoms with Gasteiger partial charge in [-0.3, -0.25) is 4.79 Å². The molecular formula is C15H23ClN2O. The van der Waals surface area contributed by atoms with E-state index in [0.29, 0.717) is 0 Å². The summed E-state index contributed by atoms with van der Waals surface area (Å²) < 4.78 is 0. The van der Waals surface area contributed by atoms with Crippen LogP contribution in [0.25, 0.3) is 0 Å². The van der Waals surface area contributed by atoms with Crippen molar-refractivity contribution in [3.63, 3.8) is 0 Å². The van der Waals surface area contributed by atoms with E-state index in [1.165, 1.54) is 5.56 Å². The first kappa shape index (κ1) is 16.0. The molecule has 106 valence electrons. The van der Waals surface area contributed by atoms with E-state index in [1.54, 1.807) is 0 Å². The summed E-state index contributed by atoms with van der Waals surface area (Å²) in [6.07, 6.45) is 0.940. The highest BCUT2D eigenvalue weighted by Crippen LogP contribution is 2.22. The maximum atomic E-state index is 12.2. The van der Waals surface area contributed by atoms with E-state index < -0.39 is 0 Å². The Kier molecular flexibility index (Phi) is 5.39. The summed E-state index contributed by atoms with van der Waals surface area (Å²) in [7, 11) is 0. The zero-order chi connectivity index (χ0) is 13.2. The van der Waals surface area contributed by atoms with Gasteiger partial charge >= 0.3 is 0 Å². The van der Waals surface area contributed by atoms with E-state index in [9.17, 15) is 4.79 Å². The second-order valence-electron chi connectivity index (χ2n) is 5.67. The van der Waals surface area contributed by atoms with E-state index in [-0.39, 0.29) is 29.8 Å². The number of nitrogens with one attached hydrogen (secondary N) is 2. The first-order valence-corrected chi connectivity index (χ1v) is 6.59. The number of carbonyl (C=O) groups is 1. The molecule has 2 rings (SSSR count). The molecule has 0 bridgehead atoms. The van der Waals surface area contributed by atoms with Crippen LogP contribution in [0.15, 0.2) is 24.3 Å². The van der Waals surface area contributed by atoms with Crippen LogP contribution < -0.4 is 10.6 Å². The Balaban J connectivity index is 0.00000180. The minimum Gasteiger partial charge on any atom is -0.347 e. The Labute approximate surface area is 121 Å². The van der Waals surface area contributed by atoms with Crippen LogP contribution in [0, 0.1) is 12.8 Å². The standard InChI is InChI=1S/C15H22N2O.ClH/c1-11-5-4-6-13(9-11)15(2,3)17-14(18)12-7-8-16-10-12;/h4-6,9,12,16H,7-8,10H2,1-3H3,(H,17,18);1H. The highest BCUT2D eigenvalue weighted by atomic mass is 35.5. The normalized spacial score (nSPS) is 18.8. The molecule has 0 aliphatic carbocycles. The summed E-state index contributed by atoms with van der Waals surface area (Å²) in [4.78, 5) is 12.2. The Morgan fingerprint density at radius 1 is 1.42 bits per heavy atom. The molecule has 1 aliphatic rings. The highest BCUT2D eigenvalue weighted by Gasteiger charge is 2.28. The van der Waals surface area contributed by atoms with Gasteiger partial charge in [-0.2, -0.15) is 0 Å². The van der Waals surface area contributed by atoms with E-state index in [0.717, 1.165) is 25.1 Å². The van der Waals surface area contributed by atoms with Gasteiger partial charge in [-0.25, -0.2) is 0 Å². The molecule has 1 unspecified atom stereocenters. The van der Waals surface area contributed by atoms with E-state index in [2.05, 4.69) is 49.6 Å². The first-order chi connectivity index (χ1) is 8.49. The number of hydrogen-bond donors (Lipinski definition) is 2. The summed E-state index contributed by atoms with van der Waals surface area (Å²) in [5.41, 5.74) is 2.06. The summed E-state index contributed by atoms with van der Waals surface area (Å²) in [6.45, 7) is 7.94. The fourth-order valence-corrected chi connectivity index (χ4v) is 2.39. The molecule has 1 atom stereocenters. The van der Waals surface area contributed by atoms with Crippen molar-refractivity contribution in [1.82, 2.24) is 10.6 Å². The second kappa shape index (κ2) is 6.40. The van der Waals surface area contributed by atoms with Gasteiger partial charge in [0.1, 0.15) is 0 Å². The van der Waals surface area contributed by atoms with Crippen LogP contribution in [0.2, 0.25) is 0 Å². The maximum absolute atomic E-state index is 12.2. The van der Waals surface area contributed by atoms with E-state index >= 15 is 0 Å². The molecule has 1 amide bonds. The molecular weight excluding hydrogens is 260 g/mol. The van der Waals surface area contributed by atoms with Gasteiger partial charge in [-0.1, -0.05) is 29.8 Å². The first-order valence-electron chi connectivity index (χ1n) is 6.59. The molecule has 1 fully saturated rings. The van der Waals surface area contributed by atoms with Crippen LogP contribution in [-0.4, -0.2) is 19.0 Å². The summed E-state index contributed by atoms with van der Waals surface area (Å²) >= 11 is 0. The second-order valence-corrected chi connectivity index (χ2v) is 5.67. The number of carbonyl (C=O) groups excluding carboxylic acids is 1. The van der Waals surface area contributed by atoms with Crippen LogP contribution in [-0.2, 0) is 10.3 Å². The molecule has 0 radical (unpaired) electrons. The van der Waals surface area contributed by atoms with E-state index in [1.807, 2.05) is 6.07 Å². The average Bonchev–Trinajstić information content (AvgIpc) is 2.82. The fourth-order valence-electron chi connectivity index (χ4n) is 2.39. The number of rotatable bonds is 3. The zero-order valence-corrected chi connectivity index (χ0v) is 12.6. The van der Waals surface area contributed by atoms with Crippen LogP contribution >= 0.6 is 12.4 Å². The molecule has 1 heterocycles. The third-order valence-electron chi connectivity index (χ3n) is 3.61. The number of benzene rings is 1. The van der Waals surface area contributed by atoms with Crippen molar-refractivity contribution < 1.29 is 4.79 Å². The predicted molar refractivity (Wildman–Crippen MR) is 80.6 cm³/mol. The minimum atomic E-state index is -0.314. The van der Waals surface area contributed by atoms with Crippen molar-refractivity contribution in [3.8, 4) is 0 Å². The third-order valence-corrected chi connectivity index (χ3v) is 3.61. The lowest BCUT2D eigenvalue weighted by Crippen LogP contribution is -2.44. The zero-order valence-electron chi connectivity index (χ0n) is 11.8. The number of amides is 1. The van der Waals surface area contributed by atoms with Gasteiger partial charge in [-0.15, -0.1) is 12.4 Å². The molecule has 0 aromatic heterocycles. The minimum absolute atomic E-state index is 0. The lowest BCUT2D eigenvalue weighted by molar-refractivity contribution is -0.126. The maximum Gasteiger partial charge on any atom is 0.225 e. The third kappa shape index (κ3) is 3.95. The fraction of sp³-hybridized carbons (Fsp3) is 0.533. The Morgan fingerprint density at radius 2 is 2.16 bits per heavy atom. The molecule has 0 saturated carbocycles. The summed E-state index contributed by atoms with van der Waals surface area (Å²) in [6, 6.07) is 8.31. The molecule has 1 aliphatic heterocycles. The van der Waals surface area contributed by atoms with Crippen molar-refractivity contribution in [2.75, 3.05) is 13.1 Å². The van der Waals surface area contributed by atoms with Gasteiger partial charge in [0, 0.05) is 6.54 Å². The van der Waals surface area contributed by atoms with Crippen molar-refractivity contribution in [1.29, 1.82) is 0 Å². The van der Waals surface area contributed by atoms with Crippen LogP contribution in [0.3, 0.4) is 0 Å². The van der Waals surface area contributed by atoms with Gasteiger partial charge in [0.05, 0.1) is 11.5 Å². The monoisotopic (exact) mass is 282 g/mol. The highest BCUT2D eigenvalue weighted by molar-refractivity contribution is 5.85. The molecule has 1 saturated heterocycles. The predicted octanol–water partition coefficient (Wildman–Crippen LogP) is 2.38. The Morgan fingerprint density at radius 3 is 2.74 bits per heavy atom. The molecule has 4 heteroatoms. The van der Waals surface area contributed by atoms with Crippen LogP contribution in [0.1, 0.15) is 31.4 Å². The van der Waals surface area contributed by atoms with Crippen LogP contribution in [0.4, 0.5) is 0 Å². The van der Waals surface area contributed by atoms with Crippen LogP contribution in [0.5, 0.6) is 0 Å². The molecule has 19 heavy (non-hydrogen) atoms. The van der Waals surface area contributed by atoms with Crippen molar-refractivity contribution in [3.05, 3.63) is 35.4 Å². The Bertz CT molecular complexity index is 440. The average molecular weight is 283 g/mol. The lowest BCUT2D eigenvalue weighted by atomic mass is 9.92. The smallest absolute Gasteiger partial charge is 0.225 e. The lowest BCUT2D eigenvalue weighted by Gasteiger charge is -2.28. The van der Waals surface area contributed by atoms with Gasteiger partial charge in [0.25, 0.3) is 0 Å². The number of hydrogen-bond acceptors (Lipinski definition) is 2. The molecule has 1 aromatic rings. The molecule has 3 nitrogen and oxygen atoms in total. The van der Waals surface area contributed by atoms with Gasteiger partial charge in [0.15, 0.2) is 0 Å². The van der Waals surface area contributed by atoms with E-state index in [4.69, 9.17) is 0 Å². The largest absolute Gasteiger partial charge is 0.347 e. The Hall–Kier alpha value is -1.06.